The molecule has 16 saturated carbocycles. The minimum absolute atomic E-state index is 0.0185. The van der Waals surface area contributed by atoms with Crippen LogP contribution in [0.25, 0.3) is 43.7 Å². The Morgan fingerprint density at radius 2 is 0.664 bits per heavy atom. The molecule has 29 heteroatoms. The summed E-state index contributed by atoms with van der Waals surface area (Å²) in [6, 6.07) is 10.1. The molecule has 0 radical (unpaired) electrons. The Kier molecular flexibility index (Phi) is 25.6. The number of aliphatic hydroxyl groups is 4. The van der Waals surface area contributed by atoms with Crippen molar-refractivity contribution in [1.29, 1.82) is 0 Å². The second-order valence-corrected chi connectivity index (χ2v) is 48.0. The third-order valence-corrected chi connectivity index (χ3v) is 42.3. The monoisotopic (exact) mass is 1900 g/mol. The van der Waals surface area contributed by atoms with E-state index in [2.05, 4.69) is 68.3 Å². The summed E-state index contributed by atoms with van der Waals surface area (Å²) in [4.78, 5) is 66.7. The lowest BCUT2D eigenvalue weighted by Gasteiger charge is -2.57. The Bertz CT molecular complexity index is 5560. The van der Waals surface area contributed by atoms with E-state index in [4.69, 9.17) is 0 Å². The van der Waals surface area contributed by atoms with Gasteiger partial charge < -0.3 is 20.4 Å². The van der Waals surface area contributed by atoms with Crippen molar-refractivity contribution in [2.45, 2.75) is 333 Å². The smallest absolute Gasteiger partial charge is 0.266 e. The Balaban J connectivity index is 0.000000109. The number of Topliss-reactive ketones (excluding diaryl/α,β-unsaturated/α-hetero) is 4. The number of carbonyl (C=O) groups is 4. The predicted octanol–water partition coefficient (Wildman–Crippen LogP) is 21.2. The van der Waals surface area contributed by atoms with Gasteiger partial charge in [0.05, 0.1) is 54.1 Å². The number of pyridine rings is 3. The molecule has 8 aromatic rings. The highest BCUT2D eigenvalue weighted by atomic mass is 19.3. The van der Waals surface area contributed by atoms with Crippen LogP contribution in [0, 0.1) is 170 Å². The van der Waals surface area contributed by atoms with Gasteiger partial charge in [0.15, 0.2) is 23.1 Å². The topological polar surface area (TPSA) is 272 Å². The molecular weight excluding hydrogens is 1760 g/mol. The second kappa shape index (κ2) is 36.7. The Morgan fingerprint density at radius 3 is 1.01 bits per heavy atom. The van der Waals surface area contributed by atoms with E-state index < -0.39 is 48.1 Å². The van der Waals surface area contributed by atoms with Crippen molar-refractivity contribution in [2.24, 2.45) is 164 Å². The molecule has 137 heavy (non-hydrogen) atoms. The molecule has 32 atom stereocenters. The van der Waals surface area contributed by atoms with Crippen molar-refractivity contribution in [3.63, 3.8) is 0 Å². The molecule has 0 saturated heterocycles. The van der Waals surface area contributed by atoms with Gasteiger partial charge in [0.1, 0.15) is 58.9 Å². The zero-order valence-electron chi connectivity index (χ0n) is 79.8. The number of alkyl halides is 8. The average Bonchev–Trinajstić information content (AvgIpc) is 1.61. The number of rotatable bonds is 16. The van der Waals surface area contributed by atoms with Crippen LogP contribution in [0.4, 0.5) is 39.5 Å². The van der Waals surface area contributed by atoms with Gasteiger partial charge in [-0.15, -0.1) is 5.10 Å². The van der Waals surface area contributed by atoms with Gasteiger partial charge in [-0.1, -0.05) is 32.9 Å². The summed E-state index contributed by atoms with van der Waals surface area (Å²) in [6.07, 6.45) is 34.6. The third kappa shape index (κ3) is 16.8. The minimum atomic E-state index is -2.67. The van der Waals surface area contributed by atoms with E-state index in [1.165, 1.54) is 12.1 Å². The van der Waals surface area contributed by atoms with Crippen molar-refractivity contribution < 1.29 is 79.1 Å². The number of fused-ring (bicyclic) bond motifs is 24. The summed E-state index contributed by atoms with van der Waals surface area (Å²) in [5, 5.41) is 66.4. The average molecular weight is 1900 g/mol. The summed E-state index contributed by atoms with van der Waals surface area (Å²) < 4.78 is 128. The Hall–Kier alpha value is -7.63. The fourth-order valence-electron chi connectivity index (χ4n) is 35.7. The van der Waals surface area contributed by atoms with E-state index in [0.29, 0.717) is 132 Å². The fraction of sp³-hybridized carbons (Fsp3) is 0.741. The molecule has 16 fully saturated rings. The lowest BCUT2D eigenvalue weighted by molar-refractivity contribution is -0.160. The van der Waals surface area contributed by atoms with Gasteiger partial charge in [-0.3, -0.25) is 48.2 Å². The maximum atomic E-state index is 13.6. The van der Waals surface area contributed by atoms with Crippen molar-refractivity contribution in [1.82, 2.24) is 59.3 Å². The van der Waals surface area contributed by atoms with E-state index in [1.807, 2.05) is 24.4 Å². The van der Waals surface area contributed by atoms with Crippen LogP contribution in [-0.4, -0.2) is 151 Å². The first kappa shape index (κ1) is 95.6. The van der Waals surface area contributed by atoms with Gasteiger partial charge in [0.2, 0.25) is 0 Å². The molecule has 4 N–H and O–H groups in total. The Labute approximate surface area is 795 Å². The van der Waals surface area contributed by atoms with E-state index in [1.54, 1.807) is 74.4 Å². The third-order valence-electron chi connectivity index (χ3n) is 42.3. The molecule has 0 spiro atoms. The second-order valence-electron chi connectivity index (χ2n) is 48.0. The maximum absolute atomic E-state index is 13.6. The first-order valence-electron chi connectivity index (χ1n) is 52.5. The van der Waals surface area contributed by atoms with Crippen LogP contribution < -0.4 is 0 Å². The van der Waals surface area contributed by atoms with Crippen LogP contribution in [0.1, 0.15) is 259 Å². The van der Waals surface area contributed by atoms with E-state index in [-0.39, 0.29) is 156 Å². The molecule has 0 unspecified atom stereocenters. The predicted molar refractivity (Wildman–Crippen MR) is 496 cm³/mol. The fourth-order valence-corrected chi connectivity index (χ4v) is 35.7. The molecule has 16 aliphatic carbocycles. The molecule has 0 amide bonds. The van der Waals surface area contributed by atoms with Crippen molar-refractivity contribution in [2.75, 3.05) is 0 Å². The van der Waals surface area contributed by atoms with Gasteiger partial charge >= 0.3 is 0 Å². The summed E-state index contributed by atoms with van der Waals surface area (Å²) in [5.74, 6) is 10.1. The lowest BCUT2D eigenvalue weighted by atomic mass is 9.49. The zero-order chi connectivity index (χ0) is 95.5. The highest BCUT2D eigenvalue weighted by Gasteiger charge is 2.66. The Morgan fingerprint density at radius 1 is 0.343 bits per heavy atom. The van der Waals surface area contributed by atoms with Crippen LogP contribution in [-0.2, 0) is 45.4 Å². The van der Waals surface area contributed by atoms with Crippen molar-refractivity contribution >= 4 is 66.9 Å². The summed E-state index contributed by atoms with van der Waals surface area (Å²) in [7, 11) is 0. The van der Waals surface area contributed by atoms with Crippen LogP contribution in [0.5, 0.6) is 0 Å². The first-order valence-corrected chi connectivity index (χ1v) is 52.5. The van der Waals surface area contributed by atoms with E-state index in [9.17, 15) is 79.1 Å². The number of hydrogen-bond donors (Lipinski definition) is 4. The van der Waals surface area contributed by atoms with Gasteiger partial charge in [-0.25, -0.2) is 44.2 Å². The normalized spacial score (nSPS) is 41.6. The summed E-state index contributed by atoms with van der Waals surface area (Å²) in [6.45, 7) is 10.4. The van der Waals surface area contributed by atoms with Crippen LogP contribution in [0.15, 0.2) is 92.2 Å². The number of hydrogen-bond acceptors (Lipinski definition) is 16. The van der Waals surface area contributed by atoms with Gasteiger partial charge in [-0.2, -0.15) is 15.3 Å². The molecule has 7 aromatic heterocycles. The molecular formula is C108H139F9N12O8. The van der Waals surface area contributed by atoms with Gasteiger partial charge in [0, 0.05) is 70.7 Å². The number of ketones is 4. The maximum Gasteiger partial charge on any atom is 0.266 e. The lowest BCUT2D eigenvalue weighted by Crippen LogP contribution is -2.53. The molecule has 24 rings (SSSR count). The molecule has 20 nitrogen and oxygen atoms in total. The standard InChI is InChI=1S/C27H34F3N3O2.3C27H35F2N3O2/c1-26-10-8-18-17-9-11-27(35,25(29)30)13-15(17)2-4-19(18)20(26)5-6-21(26)24(34)14-33-23-7-3-16(28)12-22(23)31-32-33;1-26-9-6-19-18-7-10-27(34,25(28)29)12-16(18)2-3-20(19)21(26)4-5-22(26)24(33)15-32-14-17-8-11-30-13-23(17)31-32;2*1-26-9-6-19-18-7-10-27(34,25(28)29)12-16(18)2-3-20(19)21(26)4-5-22(26)24(33)15-32-23-14-30-11-8-17(23)13-31-32/h3,7,12,15,17-21,25,35H,2,4-6,8-11,13-14H2,1H3;3*8,11,13-14,16,18-22,25,34H,2-7,9-10,12,15H2,1H3/t15-,17+,18-,19-,20+,21-,26+,27-;16-,18+,19-,20-,21+,22-,26+,27-;16-,18+,19-,20-,21+,22+,26+,27-;16-,18+,19-,20-,21+,22-,26+,27-/m1111/s1. The van der Waals surface area contributed by atoms with Gasteiger partial charge in [-0.05, 0) is 401 Å². The SMILES string of the molecule is C[C@]12CC[C@H]3[C@@H](CC[C@@H]4C[C@@](O)(C(F)F)CC[C@@H]43)[C@@H]1CC[C@@H]2C(=O)Cn1cc2ccncc2n1.C[C@]12CC[C@H]3[C@@H](CC[C@@H]4C[C@@](O)(C(F)F)CC[C@@H]43)[C@@H]1CC[C@@H]2C(=O)Cn1ncc2ccncc21.C[C@]12CC[C@H]3[C@@H](CC[C@@H]4C[C@@](O)(C(F)F)CC[C@@H]43)[C@@H]1CC[C@@H]2C(=O)Cn1nnc2cc(F)ccc21.C[C@]12CC[C@H]3[C@@H](CC[C@@H]4C[C@@](O)(C(F)F)CC[C@@H]43)[C@@H]1CC[C@H]2C(=O)Cn1ncc2ccncc21. The molecule has 0 aliphatic heterocycles. The van der Waals surface area contributed by atoms with Crippen LogP contribution in [0.3, 0.4) is 0 Å². The molecule has 0 bridgehead atoms. The van der Waals surface area contributed by atoms with Crippen LogP contribution in [0.2, 0.25) is 0 Å². The quantitative estimate of drug-likeness (QED) is 0.0655. The van der Waals surface area contributed by atoms with Gasteiger partial charge in [0.25, 0.3) is 25.7 Å². The number of benzene rings is 1. The number of halogens is 9. The van der Waals surface area contributed by atoms with E-state index >= 15 is 0 Å². The van der Waals surface area contributed by atoms with Crippen molar-refractivity contribution in [3.8, 4) is 0 Å². The largest absolute Gasteiger partial charge is 0.384 e. The summed E-state index contributed by atoms with van der Waals surface area (Å²) >= 11 is 0. The highest BCUT2D eigenvalue weighted by molar-refractivity contribution is 5.87. The number of aromatic nitrogens is 12. The molecule has 16 aliphatic rings. The van der Waals surface area contributed by atoms with Crippen molar-refractivity contribution in [3.05, 3.63) is 98.0 Å². The molecule has 7 heterocycles. The summed E-state index contributed by atoms with van der Waals surface area (Å²) in [5.41, 5.74) is -3.40. The number of carbonyl (C=O) groups excluding carboxylic acids is 4. The van der Waals surface area contributed by atoms with Crippen LogP contribution >= 0.6 is 0 Å². The minimum Gasteiger partial charge on any atom is -0.384 e. The first-order chi connectivity index (χ1) is 65.6. The molecule has 1 aromatic carbocycles. The van der Waals surface area contributed by atoms with E-state index in [0.717, 1.165) is 206 Å². The zero-order valence-corrected chi connectivity index (χ0v) is 79.8. The number of nitrogens with zero attached hydrogens (tertiary/aromatic N) is 12. The highest BCUT2D eigenvalue weighted by Crippen LogP contribution is 2.71. The molecule has 742 valence electrons.